The summed E-state index contributed by atoms with van der Waals surface area (Å²) < 4.78 is 23.8. The highest BCUT2D eigenvalue weighted by Crippen LogP contribution is 2.35. The van der Waals surface area contributed by atoms with Crippen LogP contribution in [0.3, 0.4) is 0 Å². The summed E-state index contributed by atoms with van der Waals surface area (Å²) >= 11 is 0. The summed E-state index contributed by atoms with van der Waals surface area (Å²) in [6, 6.07) is 0. The van der Waals surface area contributed by atoms with Crippen molar-refractivity contribution in [2.75, 3.05) is 19.8 Å². The first-order chi connectivity index (χ1) is 12.8. The van der Waals surface area contributed by atoms with Gasteiger partial charge in [0.2, 0.25) is 0 Å². The molecule has 4 unspecified atom stereocenters. The lowest BCUT2D eigenvalue weighted by atomic mass is 9.75. The molecule has 0 saturated heterocycles. The van der Waals surface area contributed by atoms with Gasteiger partial charge in [-0.05, 0) is 57.8 Å². The van der Waals surface area contributed by atoms with Crippen molar-refractivity contribution in [3.63, 3.8) is 0 Å². The SMILES string of the molecule is CCO[Si](OCC)(OCC)C(CC)NC(=O)OC1CC(C)CCC1C(C)C. The van der Waals surface area contributed by atoms with Gasteiger partial charge in [-0.15, -0.1) is 0 Å². The van der Waals surface area contributed by atoms with E-state index < -0.39 is 8.80 Å². The van der Waals surface area contributed by atoms with E-state index in [1.165, 1.54) is 6.42 Å². The molecule has 0 radical (unpaired) electrons. The summed E-state index contributed by atoms with van der Waals surface area (Å²) in [6.45, 7) is 15.9. The number of rotatable bonds is 11. The minimum Gasteiger partial charge on any atom is -0.446 e. The minimum atomic E-state index is -3.02. The van der Waals surface area contributed by atoms with Crippen molar-refractivity contribution in [3.8, 4) is 0 Å². The van der Waals surface area contributed by atoms with E-state index in [1.54, 1.807) is 0 Å². The van der Waals surface area contributed by atoms with E-state index in [0.29, 0.717) is 44.0 Å². The van der Waals surface area contributed by atoms with Crippen LogP contribution in [0, 0.1) is 17.8 Å². The number of ether oxygens (including phenoxy) is 1. The third-order valence-electron chi connectivity index (χ3n) is 5.38. The number of nitrogens with one attached hydrogen (secondary N) is 1. The summed E-state index contributed by atoms with van der Waals surface area (Å²) in [5, 5.41) is 3.01. The zero-order valence-corrected chi connectivity index (χ0v) is 19.4. The molecule has 0 aromatic rings. The molecule has 1 fully saturated rings. The first-order valence-corrected chi connectivity index (χ1v) is 12.5. The number of carbonyl (C=O) groups excluding carboxylic acids is 1. The van der Waals surface area contributed by atoms with Crippen molar-refractivity contribution in [1.82, 2.24) is 5.32 Å². The van der Waals surface area contributed by atoms with Gasteiger partial charge in [-0.25, -0.2) is 4.79 Å². The van der Waals surface area contributed by atoms with E-state index in [0.717, 1.165) is 12.8 Å². The van der Waals surface area contributed by atoms with Crippen LogP contribution < -0.4 is 5.32 Å². The molecule has 1 N–H and O–H groups in total. The monoisotopic (exact) mass is 403 g/mol. The Labute approximate surface area is 167 Å². The number of hydrogen-bond donors (Lipinski definition) is 1. The average molecular weight is 404 g/mol. The molecular weight excluding hydrogens is 362 g/mol. The van der Waals surface area contributed by atoms with Crippen molar-refractivity contribution in [1.29, 1.82) is 0 Å². The Kier molecular flexibility index (Phi) is 10.9. The van der Waals surface area contributed by atoms with Crippen LogP contribution in [0.2, 0.25) is 0 Å². The molecule has 4 atom stereocenters. The van der Waals surface area contributed by atoms with Crippen LogP contribution in [0.25, 0.3) is 0 Å². The Balaban J connectivity index is 2.85. The molecule has 6 nitrogen and oxygen atoms in total. The quantitative estimate of drug-likeness (QED) is 0.513. The standard InChI is InChI=1S/C20H41NO5Si/c1-8-19(27(23-9-2,24-10-3)25-11-4)21-20(22)26-18-14-16(7)12-13-17(18)15(5)6/h15-19H,8-14H2,1-7H3,(H,21,22). The summed E-state index contributed by atoms with van der Waals surface area (Å²) in [6.07, 6.45) is 3.49. The zero-order chi connectivity index (χ0) is 20.4. The van der Waals surface area contributed by atoms with Crippen LogP contribution in [-0.2, 0) is 18.0 Å². The van der Waals surface area contributed by atoms with E-state index in [2.05, 4.69) is 26.1 Å². The van der Waals surface area contributed by atoms with Crippen molar-refractivity contribution in [2.24, 2.45) is 17.8 Å². The summed E-state index contributed by atoms with van der Waals surface area (Å²) in [5.74, 6) is 1.50. The van der Waals surface area contributed by atoms with Gasteiger partial charge in [0, 0.05) is 19.8 Å². The Morgan fingerprint density at radius 3 is 2.04 bits per heavy atom. The molecule has 0 heterocycles. The molecule has 0 aliphatic heterocycles. The highest BCUT2D eigenvalue weighted by atomic mass is 28.4. The molecule has 1 rings (SSSR count). The third-order valence-corrected chi connectivity index (χ3v) is 8.86. The number of hydrogen-bond acceptors (Lipinski definition) is 5. The second-order valence-electron chi connectivity index (χ2n) is 7.78. The summed E-state index contributed by atoms with van der Waals surface area (Å²) in [4.78, 5) is 12.7. The lowest BCUT2D eigenvalue weighted by Crippen LogP contribution is -2.63. The van der Waals surface area contributed by atoms with Crippen LogP contribution in [-0.4, -0.2) is 46.5 Å². The van der Waals surface area contributed by atoms with Crippen LogP contribution >= 0.6 is 0 Å². The van der Waals surface area contributed by atoms with Crippen molar-refractivity contribution < 1.29 is 22.8 Å². The molecule has 27 heavy (non-hydrogen) atoms. The molecule has 1 aliphatic carbocycles. The normalized spacial score (nSPS) is 24.7. The molecule has 0 spiro atoms. The molecule has 0 aromatic heterocycles. The van der Waals surface area contributed by atoms with Gasteiger partial charge in [0.1, 0.15) is 11.8 Å². The van der Waals surface area contributed by atoms with Crippen molar-refractivity contribution >= 4 is 14.9 Å². The number of alkyl carbamates (subject to hydrolysis) is 1. The van der Waals surface area contributed by atoms with E-state index in [-0.39, 0.29) is 17.9 Å². The molecule has 160 valence electrons. The van der Waals surface area contributed by atoms with Crippen LogP contribution in [0.4, 0.5) is 4.79 Å². The first kappa shape index (κ1) is 24.4. The van der Waals surface area contributed by atoms with Crippen LogP contribution in [0.1, 0.15) is 74.1 Å². The van der Waals surface area contributed by atoms with Crippen LogP contribution in [0.5, 0.6) is 0 Å². The third kappa shape index (κ3) is 7.04. The molecule has 1 aliphatic rings. The lowest BCUT2D eigenvalue weighted by Gasteiger charge is -2.38. The fourth-order valence-electron chi connectivity index (χ4n) is 4.03. The molecule has 7 heteroatoms. The highest BCUT2D eigenvalue weighted by molar-refractivity contribution is 6.62. The summed E-state index contributed by atoms with van der Waals surface area (Å²) in [7, 11) is -3.02. The first-order valence-electron chi connectivity index (χ1n) is 10.7. The Bertz CT molecular complexity index is 418. The Morgan fingerprint density at radius 1 is 1.04 bits per heavy atom. The zero-order valence-electron chi connectivity index (χ0n) is 18.4. The van der Waals surface area contributed by atoms with E-state index in [4.69, 9.17) is 18.0 Å². The smallest absolute Gasteiger partial charge is 0.446 e. The average Bonchev–Trinajstić information content (AvgIpc) is 2.60. The molecule has 0 aromatic carbocycles. The predicted octanol–water partition coefficient (Wildman–Crippen LogP) is 4.54. The molecule has 1 saturated carbocycles. The number of amides is 1. The van der Waals surface area contributed by atoms with Gasteiger partial charge in [-0.1, -0.05) is 34.1 Å². The second-order valence-corrected chi connectivity index (χ2v) is 10.5. The maximum Gasteiger partial charge on any atom is 0.524 e. The van der Waals surface area contributed by atoms with Gasteiger partial charge in [0.25, 0.3) is 0 Å². The highest BCUT2D eigenvalue weighted by Gasteiger charge is 2.50. The predicted molar refractivity (Wildman–Crippen MR) is 109 cm³/mol. The Morgan fingerprint density at radius 2 is 1.59 bits per heavy atom. The van der Waals surface area contributed by atoms with Gasteiger partial charge in [-0.3, -0.25) is 0 Å². The summed E-state index contributed by atoms with van der Waals surface area (Å²) in [5.41, 5.74) is -0.316. The molecular formula is C20H41NO5Si. The fraction of sp³-hybridized carbons (Fsp3) is 0.950. The Hall–Kier alpha value is -0.633. The molecule has 0 bridgehead atoms. The van der Waals surface area contributed by atoms with E-state index in [9.17, 15) is 4.79 Å². The maximum atomic E-state index is 12.7. The van der Waals surface area contributed by atoms with E-state index in [1.807, 2.05) is 27.7 Å². The molecule has 1 amide bonds. The van der Waals surface area contributed by atoms with Crippen molar-refractivity contribution in [2.45, 2.75) is 85.9 Å². The second kappa shape index (κ2) is 12.0. The topological polar surface area (TPSA) is 66.0 Å². The van der Waals surface area contributed by atoms with Gasteiger partial charge in [-0.2, -0.15) is 0 Å². The van der Waals surface area contributed by atoms with Gasteiger partial charge in [0.15, 0.2) is 0 Å². The lowest BCUT2D eigenvalue weighted by molar-refractivity contribution is 0.00257. The van der Waals surface area contributed by atoms with E-state index >= 15 is 0 Å². The van der Waals surface area contributed by atoms with Crippen LogP contribution in [0.15, 0.2) is 0 Å². The maximum absolute atomic E-state index is 12.7. The van der Waals surface area contributed by atoms with Crippen molar-refractivity contribution in [3.05, 3.63) is 0 Å². The van der Waals surface area contributed by atoms with Gasteiger partial charge < -0.3 is 23.3 Å². The van der Waals surface area contributed by atoms with Gasteiger partial charge >= 0.3 is 14.9 Å². The fourth-order valence-corrected chi connectivity index (χ4v) is 6.89. The largest absolute Gasteiger partial charge is 0.524 e. The number of carbonyl (C=O) groups is 1. The minimum absolute atomic E-state index is 0.0337. The van der Waals surface area contributed by atoms with Gasteiger partial charge in [0.05, 0.1) is 0 Å².